The van der Waals surface area contributed by atoms with E-state index in [0.717, 1.165) is 17.7 Å². The first-order chi connectivity index (χ1) is 16.1. The quantitative estimate of drug-likeness (QED) is 0.652. The summed E-state index contributed by atoms with van der Waals surface area (Å²) in [5.41, 5.74) is 4.56. The third-order valence-electron chi connectivity index (χ3n) is 7.66. The van der Waals surface area contributed by atoms with E-state index in [2.05, 4.69) is 0 Å². The van der Waals surface area contributed by atoms with Crippen molar-refractivity contribution in [1.29, 1.82) is 5.26 Å². The lowest BCUT2D eigenvalue weighted by Gasteiger charge is -2.41. The predicted octanol–water partition coefficient (Wildman–Crippen LogP) is 1.94. The van der Waals surface area contributed by atoms with E-state index >= 15 is 0 Å². The number of furan rings is 1. The highest BCUT2D eigenvalue weighted by atomic mass is 19.4. The third-order valence-corrected chi connectivity index (χ3v) is 7.66. The molecule has 3 aliphatic heterocycles. The maximum Gasteiger partial charge on any atom is 0.491 e. The summed E-state index contributed by atoms with van der Waals surface area (Å²) in [5.74, 6) is -3.93. The number of fused-ring (bicyclic) bond motifs is 3. The zero-order valence-electron chi connectivity index (χ0n) is 18.0. The smallest absolute Gasteiger partial charge is 0.459 e. The molecule has 2 N–H and O–H groups in total. The Kier molecular flexibility index (Phi) is 5.16. The molecule has 12 heteroatoms. The van der Waals surface area contributed by atoms with Crippen LogP contribution >= 0.6 is 0 Å². The standard InChI is InChI=1S/C22H23F3N4O5/c23-22(24,25)20(32)34-21-9-12(21)8-15(10-26)29(21)19(31)17(27)11-6-13-3-4-14(7-11)28(13)18(30)16-2-1-5-33-16/h1-2,5,11-15,17H,3-4,6-9,27H2/t11?,12-,13?,14?,15+,17+,21+/m1/s1. The highest BCUT2D eigenvalue weighted by Crippen LogP contribution is 2.59. The monoisotopic (exact) mass is 480 g/mol. The van der Waals surface area contributed by atoms with E-state index in [1.54, 1.807) is 17.0 Å². The Morgan fingerprint density at radius 2 is 1.91 bits per heavy atom. The molecule has 182 valence electrons. The number of hydrogen-bond donors (Lipinski definition) is 1. The second-order valence-electron chi connectivity index (χ2n) is 9.55. The fourth-order valence-corrected chi connectivity index (χ4v) is 6.07. The molecule has 5 rings (SSSR count). The van der Waals surface area contributed by atoms with Gasteiger partial charge in [-0.05, 0) is 50.2 Å². The summed E-state index contributed by atoms with van der Waals surface area (Å²) < 4.78 is 48.5. The summed E-state index contributed by atoms with van der Waals surface area (Å²) in [6, 6.07) is 2.75. The third kappa shape index (κ3) is 3.45. The summed E-state index contributed by atoms with van der Waals surface area (Å²) >= 11 is 0. The first-order valence-corrected chi connectivity index (χ1v) is 11.2. The van der Waals surface area contributed by atoms with Gasteiger partial charge in [0.1, 0.15) is 6.04 Å². The molecule has 9 nitrogen and oxygen atoms in total. The van der Waals surface area contributed by atoms with E-state index in [-0.39, 0.29) is 42.5 Å². The summed E-state index contributed by atoms with van der Waals surface area (Å²) in [5, 5.41) is 9.50. The van der Waals surface area contributed by atoms with Gasteiger partial charge in [0.2, 0.25) is 5.91 Å². The van der Waals surface area contributed by atoms with Crippen LogP contribution in [-0.4, -0.2) is 63.7 Å². The number of esters is 1. The van der Waals surface area contributed by atoms with Crippen molar-refractivity contribution in [2.45, 2.75) is 74.6 Å². The Hall–Kier alpha value is -3.07. The number of nitriles is 1. The number of nitrogens with two attached hydrogens (primary N) is 1. The van der Waals surface area contributed by atoms with Gasteiger partial charge < -0.3 is 19.8 Å². The molecule has 6 atom stereocenters. The molecular formula is C22H23F3N4O5. The van der Waals surface area contributed by atoms with Crippen molar-refractivity contribution in [3.8, 4) is 6.07 Å². The Morgan fingerprint density at radius 1 is 1.24 bits per heavy atom. The van der Waals surface area contributed by atoms with Gasteiger partial charge in [0.05, 0.1) is 18.4 Å². The van der Waals surface area contributed by atoms with Crippen LogP contribution in [0.3, 0.4) is 0 Å². The van der Waals surface area contributed by atoms with Gasteiger partial charge in [-0.2, -0.15) is 18.4 Å². The van der Waals surface area contributed by atoms with Gasteiger partial charge in [-0.25, -0.2) is 4.79 Å². The first kappa shape index (κ1) is 22.7. The average Bonchev–Trinajstić information content (AvgIpc) is 3.14. The van der Waals surface area contributed by atoms with Gasteiger partial charge in [-0.15, -0.1) is 0 Å². The molecule has 1 aromatic heterocycles. The number of ether oxygens (including phenoxy) is 1. The van der Waals surface area contributed by atoms with Crippen molar-refractivity contribution in [3.05, 3.63) is 24.2 Å². The van der Waals surface area contributed by atoms with Crippen molar-refractivity contribution in [2.75, 3.05) is 0 Å². The van der Waals surface area contributed by atoms with E-state index in [1.807, 2.05) is 6.07 Å². The van der Waals surface area contributed by atoms with Crippen LogP contribution in [0.4, 0.5) is 13.2 Å². The molecule has 1 aliphatic carbocycles. The highest BCUT2D eigenvalue weighted by molar-refractivity contribution is 5.92. The largest absolute Gasteiger partial charge is 0.491 e. The molecule has 34 heavy (non-hydrogen) atoms. The average molecular weight is 480 g/mol. The van der Waals surface area contributed by atoms with Crippen LogP contribution in [0.15, 0.2) is 22.8 Å². The number of likely N-dealkylation sites (tertiary alicyclic amines) is 1. The van der Waals surface area contributed by atoms with Crippen molar-refractivity contribution < 1.29 is 36.7 Å². The van der Waals surface area contributed by atoms with Crippen LogP contribution in [-0.2, 0) is 14.3 Å². The van der Waals surface area contributed by atoms with Crippen LogP contribution in [0, 0.1) is 23.2 Å². The van der Waals surface area contributed by atoms with Crippen LogP contribution in [0.2, 0.25) is 0 Å². The van der Waals surface area contributed by atoms with E-state index < -0.39 is 41.8 Å². The number of rotatable bonds is 4. The molecule has 2 bridgehead atoms. The fourth-order valence-electron chi connectivity index (χ4n) is 6.07. The number of carbonyl (C=O) groups excluding carboxylic acids is 3. The second-order valence-corrected chi connectivity index (χ2v) is 9.55. The molecule has 2 unspecified atom stereocenters. The number of piperidine rings is 2. The molecule has 0 radical (unpaired) electrons. The summed E-state index contributed by atoms with van der Waals surface area (Å²) in [7, 11) is 0. The van der Waals surface area contributed by atoms with Gasteiger partial charge >= 0.3 is 12.1 Å². The molecule has 2 amide bonds. The number of carbonyl (C=O) groups is 3. The van der Waals surface area contributed by atoms with Gasteiger partial charge in [-0.1, -0.05) is 0 Å². The molecule has 1 aromatic rings. The molecular weight excluding hydrogens is 457 g/mol. The van der Waals surface area contributed by atoms with Gasteiger partial charge in [0, 0.05) is 24.4 Å². The van der Waals surface area contributed by atoms with Crippen molar-refractivity contribution in [2.24, 2.45) is 17.6 Å². The Morgan fingerprint density at radius 3 is 2.47 bits per heavy atom. The maximum atomic E-state index is 13.4. The Bertz CT molecular complexity index is 1040. The molecule has 0 aromatic carbocycles. The fraction of sp³-hybridized carbons (Fsp3) is 0.636. The molecule has 3 saturated heterocycles. The van der Waals surface area contributed by atoms with Gasteiger partial charge in [0.25, 0.3) is 5.91 Å². The van der Waals surface area contributed by atoms with Crippen LogP contribution in [0.25, 0.3) is 0 Å². The minimum absolute atomic E-state index is 0.0484. The van der Waals surface area contributed by atoms with Crippen molar-refractivity contribution in [3.63, 3.8) is 0 Å². The minimum Gasteiger partial charge on any atom is -0.459 e. The zero-order chi connectivity index (χ0) is 24.4. The molecule has 4 fully saturated rings. The summed E-state index contributed by atoms with van der Waals surface area (Å²) in [4.78, 5) is 40.5. The van der Waals surface area contributed by atoms with Crippen LogP contribution in [0.5, 0.6) is 0 Å². The SMILES string of the molecule is N#C[C@@H]1C[C@@H]2C[C@@]2(OC(=O)C(F)(F)F)N1C(=O)[C@@H](N)C1CC2CCC(C1)N2C(=O)c1ccco1. The van der Waals surface area contributed by atoms with E-state index in [4.69, 9.17) is 14.9 Å². The maximum absolute atomic E-state index is 13.4. The number of alkyl halides is 3. The Labute approximate surface area is 192 Å². The zero-order valence-corrected chi connectivity index (χ0v) is 18.0. The number of nitrogens with zero attached hydrogens (tertiary/aromatic N) is 3. The second kappa shape index (κ2) is 7.73. The number of amides is 2. The molecule has 1 saturated carbocycles. The molecule has 4 heterocycles. The van der Waals surface area contributed by atoms with E-state index in [0.29, 0.717) is 12.8 Å². The van der Waals surface area contributed by atoms with Gasteiger partial charge in [0.15, 0.2) is 11.5 Å². The summed E-state index contributed by atoms with van der Waals surface area (Å²) in [6.45, 7) is 0. The highest BCUT2D eigenvalue weighted by Gasteiger charge is 2.72. The van der Waals surface area contributed by atoms with Gasteiger partial charge in [-0.3, -0.25) is 14.5 Å². The molecule has 0 spiro atoms. The van der Waals surface area contributed by atoms with Crippen LogP contribution < -0.4 is 5.73 Å². The van der Waals surface area contributed by atoms with Crippen molar-refractivity contribution >= 4 is 17.8 Å². The van der Waals surface area contributed by atoms with E-state index in [9.17, 15) is 32.8 Å². The Balaban J connectivity index is 1.32. The lowest BCUT2D eigenvalue weighted by molar-refractivity contribution is -0.217. The number of halogens is 3. The lowest BCUT2D eigenvalue weighted by atomic mass is 9.84. The first-order valence-electron chi connectivity index (χ1n) is 11.2. The minimum atomic E-state index is -5.21. The predicted molar refractivity (Wildman–Crippen MR) is 106 cm³/mol. The van der Waals surface area contributed by atoms with E-state index in [1.165, 1.54) is 6.26 Å². The van der Waals surface area contributed by atoms with Crippen molar-refractivity contribution in [1.82, 2.24) is 9.80 Å². The lowest BCUT2D eigenvalue weighted by Crippen LogP contribution is -2.58. The normalized spacial score (nSPS) is 34.9. The molecule has 4 aliphatic rings. The topological polar surface area (TPSA) is 130 Å². The van der Waals surface area contributed by atoms with Crippen LogP contribution in [0.1, 0.15) is 49.1 Å². The summed E-state index contributed by atoms with van der Waals surface area (Å²) in [6.07, 6.45) is -1.24. The number of hydrogen-bond acceptors (Lipinski definition) is 7.